The molecule has 0 spiro atoms. The predicted octanol–water partition coefficient (Wildman–Crippen LogP) is 2.18. The Kier molecular flexibility index (Phi) is 5.61. The molecule has 2 rings (SSSR count). The molecule has 0 radical (unpaired) electrons. The number of aliphatic hydroxyl groups excluding tert-OH is 1. The molecular formula is C13H19NO4. The molecule has 18 heavy (non-hydrogen) atoms. The smallest absolute Gasteiger partial charge is 0.409 e. The molecule has 1 heterocycles. The maximum atomic E-state index is 10.1. The van der Waals surface area contributed by atoms with Gasteiger partial charge in [0.05, 0.1) is 19.8 Å². The molecule has 0 aliphatic carbocycles. The molecular weight excluding hydrogens is 234 g/mol. The van der Waals surface area contributed by atoms with Crippen molar-refractivity contribution in [3.05, 3.63) is 30.3 Å². The van der Waals surface area contributed by atoms with Crippen molar-refractivity contribution in [1.82, 2.24) is 0 Å². The molecule has 5 heteroatoms. The molecule has 3 N–H and O–H groups in total. The van der Waals surface area contributed by atoms with Crippen LogP contribution < -0.4 is 5.32 Å². The zero-order chi connectivity index (χ0) is 13.4. The summed E-state index contributed by atoms with van der Waals surface area (Å²) in [5.41, 5.74) is 0.731. The minimum absolute atomic E-state index is 0.139. The highest BCUT2D eigenvalue weighted by Gasteiger charge is 2.35. The van der Waals surface area contributed by atoms with Crippen molar-refractivity contribution in [2.24, 2.45) is 5.41 Å². The second-order valence-electron chi connectivity index (χ2n) is 4.30. The van der Waals surface area contributed by atoms with Crippen LogP contribution in [0.15, 0.2) is 30.3 Å². The van der Waals surface area contributed by atoms with Crippen LogP contribution in [-0.4, -0.2) is 36.1 Å². The van der Waals surface area contributed by atoms with E-state index in [2.05, 4.69) is 12.2 Å². The maximum absolute atomic E-state index is 10.1. The molecule has 5 nitrogen and oxygen atoms in total. The van der Waals surface area contributed by atoms with E-state index in [0.717, 1.165) is 19.6 Å². The quantitative estimate of drug-likeness (QED) is 0.771. The van der Waals surface area contributed by atoms with E-state index < -0.39 is 6.09 Å². The Morgan fingerprint density at radius 2 is 2.00 bits per heavy atom. The van der Waals surface area contributed by atoms with Gasteiger partial charge in [0.15, 0.2) is 0 Å². The van der Waals surface area contributed by atoms with Crippen LogP contribution in [0.3, 0.4) is 0 Å². The molecule has 0 bridgehead atoms. The average Bonchev–Trinajstić information content (AvgIpc) is 2.30. The number of hydrogen-bond donors (Lipinski definition) is 3. The summed E-state index contributed by atoms with van der Waals surface area (Å²) in [5.74, 6) is 0. The monoisotopic (exact) mass is 253 g/mol. The van der Waals surface area contributed by atoms with Crippen molar-refractivity contribution in [1.29, 1.82) is 0 Å². The molecule has 1 aromatic carbocycles. The first kappa shape index (κ1) is 14.5. The fourth-order valence-electron chi connectivity index (χ4n) is 1.44. The summed E-state index contributed by atoms with van der Waals surface area (Å²) in [6.07, 6.45) is -0.00468. The van der Waals surface area contributed by atoms with E-state index in [0.29, 0.717) is 5.69 Å². The summed E-state index contributed by atoms with van der Waals surface area (Å²) < 4.78 is 4.96. The lowest BCUT2D eigenvalue weighted by molar-refractivity contribution is -0.138. The standard InChI is InChI=1S/C7H7NO2.C6H12O2/c9-7(10)8-6-4-2-1-3-5-6;1-2-6(3-7)4-8-5-6/h1-5,8H,(H,9,10);7H,2-5H2,1H3. The van der Waals surface area contributed by atoms with Gasteiger partial charge in [0, 0.05) is 11.1 Å². The maximum Gasteiger partial charge on any atom is 0.409 e. The average molecular weight is 253 g/mol. The lowest BCUT2D eigenvalue weighted by Gasteiger charge is -2.38. The number of benzene rings is 1. The van der Waals surface area contributed by atoms with E-state index in [1.165, 1.54) is 0 Å². The van der Waals surface area contributed by atoms with Crippen LogP contribution in [0.5, 0.6) is 0 Å². The van der Waals surface area contributed by atoms with Gasteiger partial charge in [-0.15, -0.1) is 0 Å². The molecule has 0 unspecified atom stereocenters. The van der Waals surface area contributed by atoms with E-state index in [1.807, 2.05) is 6.07 Å². The molecule has 100 valence electrons. The fourth-order valence-corrected chi connectivity index (χ4v) is 1.44. The van der Waals surface area contributed by atoms with Crippen molar-refractivity contribution in [3.63, 3.8) is 0 Å². The van der Waals surface area contributed by atoms with Crippen LogP contribution in [0.1, 0.15) is 13.3 Å². The molecule has 1 saturated heterocycles. The lowest BCUT2D eigenvalue weighted by Crippen LogP contribution is -2.44. The highest BCUT2D eigenvalue weighted by Crippen LogP contribution is 2.29. The van der Waals surface area contributed by atoms with Crippen LogP contribution in [0.25, 0.3) is 0 Å². The number of carbonyl (C=O) groups is 1. The third kappa shape index (κ3) is 4.35. The number of carboxylic acid groups (broad SMARTS) is 1. The first-order chi connectivity index (χ1) is 8.62. The van der Waals surface area contributed by atoms with Gasteiger partial charge in [0.25, 0.3) is 0 Å². The highest BCUT2D eigenvalue weighted by atomic mass is 16.5. The SMILES string of the molecule is CCC1(CO)COC1.O=C(O)Nc1ccccc1. The molecule has 0 atom stereocenters. The summed E-state index contributed by atoms with van der Waals surface area (Å²) in [5, 5.41) is 19.2. The van der Waals surface area contributed by atoms with Gasteiger partial charge >= 0.3 is 6.09 Å². The van der Waals surface area contributed by atoms with Crippen molar-refractivity contribution >= 4 is 11.8 Å². The highest BCUT2D eigenvalue weighted by molar-refractivity contribution is 5.82. The van der Waals surface area contributed by atoms with Gasteiger partial charge in [-0.1, -0.05) is 25.1 Å². The molecule has 1 aromatic rings. The van der Waals surface area contributed by atoms with E-state index in [-0.39, 0.29) is 12.0 Å². The summed E-state index contributed by atoms with van der Waals surface area (Å²) in [6, 6.07) is 8.74. The summed E-state index contributed by atoms with van der Waals surface area (Å²) in [4.78, 5) is 10.1. The molecule has 0 saturated carbocycles. The largest absolute Gasteiger partial charge is 0.465 e. The minimum Gasteiger partial charge on any atom is -0.465 e. The second kappa shape index (κ2) is 6.98. The van der Waals surface area contributed by atoms with Gasteiger partial charge < -0.3 is 14.9 Å². The topological polar surface area (TPSA) is 78.8 Å². The van der Waals surface area contributed by atoms with Crippen molar-refractivity contribution < 1.29 is 19.7 Å². The third-order valence-electron chi connectivity index (χ3n) is 2.93. The lowest BCUT2D eigenvalue weighted by atomic mass is 9.84. The molecule has 0 aromatic heterocycles. The van der Waals surface area contributed by atoms with Crippen LogP contribution in [0, 0.1) is 5.41 Å². The Morgan fingerprint density at radius 3 is 2.28 bits per heavy atom. The number of ether oxygens (including phenoxy) is 1. The molecule has 1 aliphatic rings. The first-order valence-corrected chi connectivity index (χ1v) is 5.85. The number of para-hydroxylation sites is 1. The van der Waals surface area contributed by atoms with Gasteiger partial charge in [-0.2, -0.15) is 0 Å². The fraction of sp³-hybridized carbons (Fsp3) is 0.462. The summed E-state index contributed by atoms with van der Waals surface area (Å²) in [6.45, 7) is 3.86. The number of nitrogens with one attached hydrogen (secondary N) is 1. The Hall–Kier alpha value is -1.59. The summed E-state index contributed by atoms with van der Waals surface area (Å²) >= 11 is 0. The van der Waals surface area contributed by atoms with Crippen LogP contribution in [0.2, 0.25) is 0 Å². The molecule has 1 amide bonds. The zero-order valence-corrected chi connectivity index (χ0v) is 10.4. The zero-order valence-electron chi connectivity index (χ0n) is 10.4. The normalized spacial score (nSPS) is 15.9. The second-order valence-corrected chi connectivity index (χ2v) is 4.30. The Morgan fingerprint density at radius 1 is 1.39 bits per heavy atom. The first-order valence-electron chi connectivity index (χ1n) is 5.85. The van der Waals surface area contributed by atoms with E-state index in [1.54, 1.807) is 24.3 Å². The van der Waals surface area contributed by atoms with Gasteiger partial charge in [-0.05, 0) is 18.6 Å². The van der Waals surface area contributed by atoms with Crippen molar-refractivity contribution in [2.75, 3.05) is 25.1 Å². The number of anilines is 1. The Labute approximate surface area is 106 Å². The van der Waals surface area contributed by atoms with Crippen LogP contribution in [0.4, 0.5) is 10.5 Å². The van der Waals surface area contributed by atoms with E-state index >= 15 is 0 Å². The number of rotatable bonds is 3. The molecule has 1 fully saturated rings. The van der Waals surface area contributed by atoms with E-state index in [9.17, 15) is 4.79 Å². The number of hydrogen-bond acceptors (Lipinski definition) is 3. The predicted molar refractivity (Wildman–Crippen MR) is 68.7 cm³/mol. The van der Waals surface area contributed by atoms with Crippen molar-refractivity contribution in [2.45, 2.75) is 13.3 Å². The Balaban J connectivity index is 0.000000184. The third-order valence-corrected chi connectivity index (χ3v) is 2.93. The van der Waals surface area contributed by atoms with Gasteiger partial charge in [-0.3, -0.25) is 5.32 Å². The van der Waals surface area contributed by atoms with Gasteiger partial charge in [0.1, 0.15) is 0 Å². The molecule has 1 aliphatic heterocycles. The number of aliphatic hydroxyl groups is 1. The van der Waals surface area contributed by atoms with E-state index in [4.69, 9.17) is 14.9 Å². The van der Waals surface area contributed by atoms with Crippen LogP contribution in [-0.2, 0) is 4.74 Å². The van der Waals surface area contributed by atoms with Crippen LogP contribution >= 0.6 is 0 Å². The van der Waals surface area contributed by atoms with Gasteiger partial charge in [-0.25, -0.2) is 4.79 Å². The Bertz CT molecular complexity index is 349. The summed E-state index contributed by atoms with van der Waals surface area (Å²) in [7, 11) is 0. The van der Waals surface area contributed by atoms with Crippen molar-refractivity contribution in [3.8, 4) is 0 Å². The van der Waals surface area contributed by atoms with Gasteiger partial charge in [0.2, 0.25) is 0 Å². The number of amides is 1. The minimum atomic E-state index is -1.04.